The molecule has 7 nitrogen and oxygen atoms in total. The Labute approximate surface area is 152 Å². The van der Waals surface area contributed by atoms with E-state index in [-0.39, 0.29) is 6.17 Å². The predicted molar refractivity (Wildman–Crippen MR) is 101 cm³/mol. The molecule has 0 amide bonds. The van der Waals surface area contributed by atoms with Gasteiger partial charge in [-0.3, -0.25) is 10.3 Å². The maximum Gasteiger partial charge on any atom is 0.148 e. The van der Waals surface area contributed by atoms with Gasteiger partial charge in [-0.2, -0.15) is 5.26 Å². The van der Waals surface area contributed by atoms with Gasteiger partial charge >= 0.3 is 0 Å². The van der Waals surface area contributed by atoms with Gasteiger partial charge in [-0.1, -0.05) is 6.07 Å². The number of allylic oxidation sites excluding steroid dienone is 1. The summed E-state index contributed by atoms with van der Waals surface area (Å²) in [6, 6.07) is 6.27. The average molecular weight is 350 g/mol. The summed E-state index contributed by atoms with van der Waals surface area (Å²) < 4.78 is 7.44. The van der Waals surface area contributed by atoms with Crippen molar-refractivity contribution in [2.75, 3.05) is 19.5 Å². The minimum absolute atomic E-state index is 0.0931. The molecule has 1 unspecified atom stereocenters. The smallest absolute Gasteiger partial charge is 0.148 e. The number of hydrogen-bond donors (Lipinski definition) is 3. The van der Waals surface area contributed by atoms with E-state index in [9.17, 15) is 5.26 Å². The van der Waals surface area contributed by atoms with Crippen LogP contribution in [0.1, 0.15) is 35.6 Å². The highest BCUT2D eigenvalue weighted by Gasteiger charge is 2.37. The van der Waals surface area contributed by atoms with Gasteiger partial charge in [-0.25, -0.2) is 5.43 Å². The Kier molecular flexibility index (Phi) is 3.68. The number of nitrogens with two attached hydrogens (primary N) is 1. The number of rotatable bonds is 2. The Balaban J connectivity index is 2.09. The lowest BCUT2D eigenvalue weighted by molar-refractivity contribution is 0.231. The van der Waals surface area contributed by atoms with Gasteiger partial charge < -0.3 is 15.0 Å². The first-order chi connectivity index (χ1) is 12.5. The first-order valence-corrected chi connectivity index (χ1v) is 8.52. The van der Waals surface area contributed by atoms with Crippen molar-refractivity contribution in [2.24, 2.45) is 0 Å². The number of hydrazine groups is 1. The number of aromatic nitrogens is 1. The van der Waals surface area contributed by atoms with Crippen molar-refractivity contribution in [3.8, 4) is 22.9 Å². The Morgan fingerprint density at radius 3 is 2.73 bits per heavy atom. The molecule has 2 aliphatic heterocycles. The van der Waals surface area contributed by atoms with Crippen LogP contribution in [-0.2, 0) is 0 Å². The van der Waals surface area contributed by atoms with Crippen molar-refractivity contribution in [2.45, 2.75) is 26.9 Å². The van der Waals surface area contributed by atoms with Crippen LogP contribution >= 0.6 is 0 Å². The van der Waals surface area contributed by atoms with Crippen molar-refractivity contribution < 1.29 is 4.74 Å². The molecule has 0 radical (unpaired) electrons. The molecule has 26 heavy (non-hydrogen) atoms. The molecule has 2 aliphatic rings. The van der Waals surface area contributed by atoms with E-state index >= 15 is 0 Å². The largest absolute Gasteiger partial charge is 0.496 e. The number of fused-ring (bicyclic) bond motifs is 3. The molecular formula is C19H22N6O. The Morgan fingerprint density at radius 2 is 2.04 bits per heavy atom. The van der Waals surface area contributed by atoms with Crippen LogP contribution < -0.4 is 21.2 Å². The van der Waals surface area contributed by atoms with Gasteiger partial charge in [0, 0.05) is 17.5 Å². The van der Waals surface area contributed by atoms with Crippen LogP contribution in [0.5, 0.6) is 5.75 Å². The third-order valence-electron chi connectivity index (χ3n) is 5.24. The van der Waals surface area contributed by atoms with Crippen molar-refractivity contribution in [3.05, 3.63) is 40.3 Å². The van der Waals surface area contributed by atoms with Crippen molar-refractivity contribution in [3.63, 3.8) is 0 Å². The normalized spacial score (nSPS) is 18.2. The molecule has 1 saturated heterocycles. The molecule has 1 aromatic heterocycles. The molecule has 0 aliphatic carbocycles. The second-order valence-corrected chi connectivity index (χ2v) is 6.67. The molecule has 7 heteroatoms. The third kappa shape index (κ3) is 2.06. The lowest BCUT2D eigenvalue weighted by Gasteiger charge is -2.32. The van der Waals surface area contributed by atoms with E-state index in [4.69, 9.17) is 10.5 Å². The molecule has 0 spiro atoms. The fourth-order valence-corrected chi connectivity index (χ4v) is 4.05. The SMILES string of the molecule is COc1ccc(C)c(-c2c(N)c(C#N)n3c2C2NCNN2C(C)=C3)c1C. The van der Waals surface area contributed by atoms with E-state index in [0.29, 0.717) is 18.1 Å². The first-order valence-electron chi connectivity index (χ1n) is 8.52. The second kappa shape index (κ2) is 5.80. The van der Waals surface area contributed by atoms with Crippen molar-refractivity contribution in [1.82, 2.24) is 20.3 Å². The summed E-state index contributed by atoms with van der Waals surface area (Å²) in [6.45, 7) is 6.74. The summed E-state index contributed by atoms with van der Waals surface area (Å²) >= 11 is 0. The highest BCUT2D eigenvalue weighted by Crippen LogP contribution is 2.46. The maximum atomic E-state index is 9.75. The number of anilines is 1. The Bertz CT molecular complexity index is 981. The molecule has 134 valence electrons. The number of aryl methyl sites for hydroxylation is 1. The van der Waals surface area contributed by atoms with Gasteiger partial charge in [-0.05, 0) is 43.5 Å². The zero-order chi connectivity index (χ0) is 18.6. The summed E-state index contributed by atoms with van der Waals surface area (Å²) in [5.41, 5.74) is 16.8. The molecule has 0 bridgehead atoms. The zero-order valence-corrected chi connectivity index (χ0v) is 15.3. The monoisotopic (exact) mass is 350 g/mol. The van der Waals surface area contributed by atoms with Crippen LogP contribution in [0.4, 0.5) is 5.69 Å². The minimum Gasteiger partial charge on any atom is -0.496 e. The van der Waals surface area contributed by atoms with Gasteiger partial charge in [0.1, 0.15) is 23.7 Å². The van der Waals surface area contributed by atoms with Crippen molar-refractivity contribution >= 4 is 11.9 Å². The molecule has 4 N–H and O–H groups in total. The highest BCUT2D eigenvalue weighted by atomic mass is 16.5. The van der Waals surface area contributed by atoms with Gasteiger partial charge in [0.2, 0.25) is 0 Å². The molecular weight excluding hydrogens is 328 g/mol. The number of nitrogen functional groups attached to an aromatic ring is 1. The van der Waals surface area contributed by atoms with Crippen LogP contribution in [0.15, 0.2) is 17.8 Å². The second-order valence-electron chi connectivity index (χ2n) is 6.67. The molecule has 4 rings (SSSR count). The van der Waals surface area contributed by atoms with Crippen molar-refractivity contribution in [1.29, 1.82) is 5.26 Å². The fraction of sp³-hybridized carbons (Fsp3) is 0.316. The van der Waals surface area contributed by atoms with Gasteiger partial charge in [0.25, 0.3) is 0 Å². The van der Waals surface area contributed by atoms with Gasteiger partial charge in [-0.15, -0.1) is 0 Å². The third-order valence-corrected chi connectivity index (χ3v) is 5.24. The van der Waals surface area contributed by atoms with E-state index in [1.807, 2.05) is 36.7 Å². The quantitative estimate of drug-likeness (QED) is 0.771. The number of nitrogens with zero attached hydrogens (tertiary/aromatic N) is 3. The van der Waals surface area contributed by atoms with E-state index in [1.165, 1.54) is 0 Å². The summed E-state index contributed by atoms with van der Waals surface area (Å²) in [6.07, 6.45) is 1.86. The molecule has 1 aromatic carbocycles. The highest BCUT2D eigenvalue weighted by molar-refractivity contribution is 5.89. The lowest BCUT2D eigenvalue weighted by Crippen LogP contribution is -2.36. The number of benzene rings is 1. The molecule has 3 heterocycles. The number of nitriles is 1. The number of nitrogens with one attached hydrogen (secondary N) is 2. The van der Waals surface area contributed by atoms with E-state index in [2.05, 4.69) is 28.7 Å². The molecule has 0 saturated carbocycles. The van der Waals surface area contributed by atoms with E-state index in [0.717, 1.165) is 39.4 Å². The summed E-state index contributed by atoms with van der Waals surface area (Å²) in [5, 5.41) is 15.3. The average Bonchev–Trinajstić information content (AvgIpc) is 3.19. The van der Waals surface area contributed by atoms with Gasteiger partial charge in [0.15, 0.2) is 0 Å². The maximum absolute atomic E-state index is 9.75. The van der Waals surface area contributed by atoms with Crippen LogP contribution in [0, 0.1) is 25.2 Å². The Morgan fingerprint density at radius 1 is 1.27 bits per heavy atom. The predicted octanol–water partition coefficient (Wildman–Crippen LogP) is 2.43. The standard InChI is InChI=1S/C19H22N6O/c1-10-5-6-14(26-4)12(3)15(10)16-17(21)13(7-20)24-8-11(2)25-19(18(16)24)22-9-23-25/h5-6,8,19,22-23H,9,21H2,1-4H3. The summed E-state index contributed by atoms with van der Waals surface area (Å²) in [5.74, 6) is 0.806. The number of ether oxygens (including phenoxy) is 1. The van der Waals surface area contributed by atoms with Crippen LogP contribution in [0.2, 0.25) is 0 Å². The van der Waals surface area contributed by atoms with E-state index < -0.39 is 0 Å². The fourth-order valence-electron chi connectivity index (χ4n) is 4.05. The molecule has 1 fully saturated rings. The van der Waals surface area contributed by atoms with E-state index in [1.54, 1.807) is 7.11 Å². The molecule has 1 atom stereocenters. The number of methoxy groups -OCH3 is 1. The van der Waals surface area contributed by atoms with Crippen LogP contribution in [0.25, 0.3) is 17.3 Å². The van der Waals surface area contributed by atoms with Crippen LogP contribution in [-0.4, -0.2) is 23.4 Å². The topological polar surface area (TPSA) is 91.3 Å². The van der Waals surface area contributed by atoms with Gasteiger partial charge in [0.05, 0.1) is 25.2 Å². The first kappa shape index (κ1) is 16.5. The molecule has 2 aromatic rings. The lowest BCUT2D eigenvalue weighted by atomic mass is 9.93. The zero-order valence-electron chi connectivity index (χ0n) is 15.3. The van der Waals surface area contributed by atoms with Crippen LogP contribution in [0.3, 0.4) is 0 Å². The summed E-state index contributed by atoms with van der Waals surface area (Å²) in [4.78, 5) is 0. The summed E-state index contributed by atoms with van der Waals surface area (Å²) in [7, 11) is 1.66. The Hall–Kier alpha value is -2.95. The number of hydrogen-bond acceptors (Lipinski definition) is 6. The minimum atomic E-state index is -0.0931.